The zero-order chi connectivity index (χ0) is 18.5. The second-order valence-corrected chi connectivity index (χ2v) is 5.92. The Hall–Kier alpha value is -3.41. The van der Waals surface area contributed by atoms with Crippen molar-refractivity contribution >= 4 is 40.3 Å². The van der Waals surface area contributed by atoms with Gasteiger partial charge in [-0.3, -0.25) is 9.59 Å². The topological polar surface area (TPSA) is 101 Å². The van der Waals surface area contributed by atoms with E-state index in [4.69, 9.17) is 5.73 Å². The van der Waals surface area contributed by atoms with Gasteiger partial charge in [-0.25, -0.2) is 4.98 Å². The van der Waals surface area contributed by atoms with E-state index in [9.17, 15) is 9.59 Å². The van der Waals surface area contributed by atoms with E-state index in [1.165, 1.54) is 0 Å². The van der Waals surface area contributed by atoms with Gasteiger partial charge in [0.05, 0.1) is 0 Å². The number of primary amides is 1. The average Bonchev–Trinajstić information content (AvgIpc) is 3.02. The molecular weight excluding hydrogens is 328 g/mol. The maximum atomic E-state index is 11.9. The number of H-pyrrole nitrogens is 1. The number of nitrogens with two attached hydrogens (primary N) is 1. The van der Waals surface area contributed by atoms with E-state index in [0.29, 0.717) is 23.5 Å². The van der Waals surface area contributed by atoms with Gasteiger partial charge in [0.2, 0.25) is 11.8 Å². The Kier molecular flexibility index (Phi) is 5.12. The first kappa shape index (κ1) is 17.4. The largest absolute Gasteiger partial charge is 0.366 e. The lowest BCUT2D eigenvalue weighted by Crippen LogP contribution is -2.12. The van der Waals surface area contributed by atoms with Gasteiger partial charge in [-0.2, -0.15) is 0 Å². The van der Waals surface area contributed by atoms with Crippen LogP contribution in [0.3, 0.4) is 0 Å². The standard InChI is InChI=1S/C20H20N4O2/c1-2-6-18(25)23-17-10-9-15-14(12-22-20(15)24-17)11-16(19(21)26)13-7-4-3-5-8-13/h3-5,7-12H,2,6H2,1H3,(H2,21,26)(H2,22,23,24,25)/b16-11+. The van der Waals surface area contributed by atoms with Crippen molar-refractivity contribution in [1.82, 2.24) is 9.97 Å². The highest BCUT2D eigenvalue weighted by Crippen LogP contribution is 2.24. The molecule has 2 aromatic heterocycles. The molecule has 26 heavy (non-hydrogen) atoms. The summed E-state index contributed by atoms with van der Waals surface area (Å²) in [5.41, 5.74) is 8.16. The van der Waals surface area contributed by atoms with E-state index in [2.05, 4.69) is 15.3 Å². The van der Waals surface area contributed by atoms with Gasteiger partial charge in [0, 0.05) is 29.1 Å². The van der Waals surface area contributed by atoms with Crippen LogP contribution in [-0.2, 0) is 9.59 Å². The molecule has 0 bridgehead atoms. The number of carbonyl (C=O) groups excluding carboxylic acids is 2. The number of aromatic nitrogens is 2. The lowest BCUT2D eigenvalue weighted by molar-refractivity contribution is -0.116. The molecule has 3 rings (SSSR count). The normalized spacial score (nSPS) is 11.5. The number of nitrogens with one attached hydrogen (secondary N) is 2. The third-order valence-corrected chi connectivity index (χ3v) is 3.97. The van der Waals surface area contributed by atoms with Crippen LogP contribution in [0.5, 0.6) is 0 Å². The number of nitrogens with zero attached hydrogens (tertiary/aromatic N) is 1. The van der Waals surface area contributed by atoms with Crippen LogP contribution in [-0.4, -0.2) is 21.8 Å². The minimum absolute atomic E-state index is 0.0638. The Bertz CT molecular complexity index is 974. The molecule has 132 valence electrons. The molecule has 0 unspecified atom stereocenters. The molecule has 0 saturated heterocycles. The summed E-state index contributed by atoms with van der Waals surface area (Å²) in [6, 6.07) is 12.9. The number of rotatable bonds is 6. The van der Waals surface area contributed by atoms with Crippen molar-refractivity contribution in [3.05, 3.63) is 59.8 Å². The maximum absolute atomic E-state index is 11.9. The number of pyridine rings is 1. The zero-order valence-corrected chi connectivity index (χ0v) is 14.5. The summed E-state index contributed by atoms with van der Waals surface area (Å²) >= 11 is 0. The second kappa shape index (κ2) is 7.65. The van der Waals surface area contributed by atoms with Crippen LogP contribution in [0, 0.1) is 0 Å². The first-order valence-corrected chi connectivity index (χ1v) is 8.43. The fourth-order valence-corrected chi connectivity index (χ4v) is 2.72. The van der Waals surface area contributed by atoms with E-state index in [-0.39, 0.29) is 5.91 Å². The Morgan fingerprint density at radius 3 is 2.65 bits per heavy atom. The number of carbonyl (C=O) groups is 2. The lowest BCUT2D eigenvalue weighted by Gasteiger charge is -2.04. The zero-order valence-electron chi connectivity index (χ0n) is 14.5. The third kappa shape index (κ3) is 3.80. The monoisotopic (exact) mass is 348 g/mol. The molecular formula is C20H20N4O2. The molecule has 2 amide bonds. The quantitative estimate of drug-likeness (QED) is 0.596. The predicted octanol–water partition coefficient (Wildman–Crippen LogP) is 3.33. The van der Waals surface area contributed by atoms with E-state index >= 15 is 0 Å². The highest BCUT2D eigenvalue weighted by atomic mass is 16.2. The first-order chi connectivity index (χ1) is 12.6. The van der Waals surface area contributed by atoms with Crippen molar-refractivity contribution < 1.29 is 9.59 Å². The molecule has 1 aromatic carbocycles. The molecule has 4 N–H and O–H groups in total. The number of aromatic amines is 1. The van der Waals surface area contributed by atoms with Crippen molar-refractivity contribution in [1.29, 1.82) is 0 Å². The van der Waals surface area contributed by atoms with Crippen molar-refractivity contribution in [3.8, 4) is 0 Å². The molecule has 2 heterocycles. The van der Waals surface area contributed by atoms with E-state index in [1.54, 1.807) is 18.3 Å². The SMILES string of the molecule is CCCC(=O)Nc1ccc2c(/C=C(/C(N)=O)c3ccccc3)c[nH]c2n1. The summed E-state index contributed by atoms with van der Waals surface area (Å²) in [4.78, 5) is 31.1. The van der Waals surface area contributed by atoms with Crippen LogP contribution in [0.1, 0.15) is 30.9 Å². The second-order valence-electron chi connectivity index (χ2n) is 5.92. The summed E-state index contributed by atoms with van der Waals surface area (Å²) < 4.78 is 0. The van der Waals surface area contributed by atoms with Crippen LogP contribution in [0.2, 0.25) is 0 Å². The molecule has 6 nitrogen and oxygen atoms in total. The van der Waals surface area contributed by atoms with Crippen molar-refractivity contribution in [2.45, 2.75) is 19.8 Å². The maximum Gasteiger partial charge on any atom is 0.249 e. The van der Waals surface area contributed by atoms with Gasteiger partial charge in [0.25, 0.3) is 0 Å². The van der Waals surface area contributed by atoms with Crippen LogP contribution in [0.4, 0.5) is 5.82 Å². The van der Waals surface area contributed by atoms with Gasteiger partial charge >= 0.3 is 0 Å². The molecule has 0 radical (unpaired) electrons. The minimum atomic E-state index is -0.498. The van der Waals surface area contributed by atoms with Gasteiger partial charge in [-0.05, 0) is 30.2 Å². The molecule has 6 heteroatoms. The summed E-state index contributed by atoms with van der Waals surface area (Å²) in [7, 11) is 0. The summed E-state index contributed by atoms with van der Waals surface area (Å²) in [6.07, 6.45) is 4.74. The molecule has 0 aliphatic rings. The number of hydrogen-bond donors (Lipinski definition) is 3. The Labute approximate surface area is 151 Å². The molecule has 0 aliphatic carbocycles. The Balaban J connectivity index is 1.95. The van der Waals surface area contributed by atoms with Crippen molar-refractivity contribution in [2.75, 3.05) is 5.32 Å². The van der Waals surface area contributed by atoms with Crippen LogP contribution in [0.25, 0.3) is 22.7 Å². The third-order valence-electron chi connectivity index (χ3n) is 3.97. The van der Waals surface area contributed by atoms with Gasteiger partial charge in [-0.15, -0.1) is 0 Å². The molecule has 0 fully saturated rings. The molecule has 0 aliphatic heterocycles. The first-order valence-electron chi connectivity index (χ1n) is 8.43. The van der Waals surface area contributed by atoms with E-state index < -0.39 is 5.91 Å². The van der Waals surface area contributed by atoms with Gasteiger partial charge < -0.3 is 16.0 Å². The minimum Gasteiger partial charge on any atom is -0.366 e. The van der Waals surface area contributed by atoms with Crippen LogP contribution >= 0.6 is 0 Å². The fraction of sp³-hybridized carbons (Fsp3) is 0.150. The van der Waals surface area contributed by atoms with Gasteiger partial charge in [-0.1, -0.05) is 37.3 Å². The predicted molar refractivity (Wildman–Crippen MR) is 103 cm³/mol. The average molecular weight is 348 g/mol. The number of fused-ring (bicyclic) bond motifs is 1. The lowest BCUT2D eigenvalue weighted by atomic mass is 10.0. The van der Waals surface area contributed by atoms with Crippen LogP contribution in [0.15, 0.2) is 48.7 Å². The van der Waals surface area contributed by atoms with Crippen LogP contribution < -0.4 is 11.1 Å². The Morgan fingerprint density at radius 2 is 1.96 bits per heavy atom. The molecule has 0 spiro atoms. The smallest absolute Gasteiger partial charge is 0.249 e. The number of benzene rings is 1. The van der Waals surface area contributed by atoms with E-state index in [1.807, 2.05) is 43.3 Å². The van der Waals surface area contributed by atoms with Gasteiger partial charge in [0.15, 0.2) is 0 Å². The molecule has 0 atom stereocenters. The molecule has 3 aromatic rings. The Morgan fingerprint density at radius 1 is 1.19 bits per heavy atom. The highest BCUT2D eigenvalue weighted by molar-refractivity contribution is 6.24. The summed E-state index contributed by atoms with van der Waals surface area (Å²) in [5, 5.41) is 3.61. The fourth-order valence-electron chi connectivity index (χ4n) is 2.72. The highest BCUT2D eigenvalue weighted by Gasteiger charge is 2.11. The molecule has 0 saturated carbocycles. The van der Waals surface area contributed by atoms with Gasteiger partial charge in [0.1, 0.15) is 11.5 Å². The van der Waals surface area contributed by atoms with Crippen molar-refractivity contribution in [3.63, 3.8) is 0 Å². The number of anilines is 1. The number of amides is 2. The van der Waals surface area contributed by atoms with E-state index in [0.717, 1.165) is 22.9 Å². The summed E-state index contributed by atoms with van der Waals surface area (Å²) in [6.45, 7) is 1.95. The summed E-state index contributed by atoms with van der Waals surface area (Å²) in [5.74, 6) is -0.0698. The number of hydrogen-bond acceptors (Lipinski definition) is 3. The van der Waals surface area contributed by atoms with Crippen molar-refractivity contribution in [2.24, 2.45) is 5.73 Å².